The molecular weight excluding hydrogens is 194 g/mol. The Balaban J connectivity index is 0.00000144. The fourth-order valence-electron chi connectivity index (χ4n) is 1.85. The van der Waals surface area contributed by atoms with Gasteiger partial charge in [-0.15, -0.1) is 0 Å². The fourth-order valence-corrected chi connectivity index (χ4v) is 1.85. The molecule has 0 unspecified atom stereocenters. The first-order valence-electron chi connectivity index (χ1n) is 5.65. The van der Waals surface area contributed by atoms with Gasteiger partial charge in [-0.25, -0.2) is 0 Å². The molecule has 0 amide bonds. The predicted octanol–water partition coefficient (Wildman–Crippen LogP) is 4.61. The monoisotopic (exact) mass is 213 g/mol. The van der Waals surface area contributed by atoms with E-state index in [1.54, 1.807) is 0 Å². The van der Waals surface area contributed by atoms with Gasteiger partial charge in [0.25, 0.3) is 0 Å². The molecule has 16 heavy (non-hydrogen) atoms. The van der Waals surface area contributed by atoms with Crippen molar-refractivity contribution in [2.75, 3.05) is 5.32 Å². The standard InChI is InChI=1S/C15H17N.H2/c1-3-13-7-5-9-15(11-13)16-14-8-4-6-12(2)10-14;/h3,5,7-11,16H,1,4,6H2,2H3;1H. The summed E-state index contributed by atoms with van der Waals surface area (Å²) in [5, 5.41) is 3.42. The Bertz CT molecular complexity index is 458. The zero-order valence-corrected chi connectivity index (χ0v) is 9.66. The van der Waals surface area contributed by atoms with E-state index < -0.39 is 0 Å². The average molecular weight is 213 g/mol. The lowest BCUT2D eigenvalue weighted by Gasteiger charge is -2.13. The van der Waals surface area contributed by atoms with Crippen LogP contribution in [0, 0.1) is 0 Å². The molecule has 0 spiro atoms. The van der Waals surface area contributed by atoms with Crippen molar-refractivity contribution in [2.24, 2.45) is 0 Å². The minimum Gasteiger partial charge on any atom is -0.356 e. The van der Waals surface area contributed by atoms with Gasteiger partial charge >= 0.3 is 0 Å². The molecule has 1 aliphatic rings. The second-order valence-electron chi connectivity index (χ2n) is 4.14. The molecule has 0 fully saturated rings. The van der Waals surface area contributed by atoms with Crippen LogP contribution in [0.3, 0.4) is 0 Å². The van der Waals surface area contributed by atoms with E-state index in [0.29, 0.717) is 0 Å². The van der Waals surface area contributed by atoms with Gasteiger partial charge in [0.1, 0.15) is 0 Å². The molecule has 1 aliphatic carbocycles. The largest absolute Gasteiger partial charge is 0.356 e. The molecule has 0 radical (unpaired) electrons. The van der Waals surface area contributed by atoms with E-state index in [9.17, 15) is 0 Å². The molecule has 0 saturated heterocycles. The van der Waals surface area contributed by atoms with Crippen LogP contribution in [-0.2, 0) is 0 Å². The molecule has 0 saturated carbocycles. The molecule has 2 rings (SSSR count). The first kappa shape index (κ1) is 10.7. The van der Waals surface area contributed by atoms with Gasteiger partial charge in [0.15, 0.2) is 0 Å². The third-order valence-electron chi connectivity index (χ3n) is 2.72. The Morgan fingerprint density at radius 2 is 2.31 bits per heavy atom. The second-order valence-corrected chi connectivity index (χ2v) is 4.14. The Labute approximate surface area is 98.7 Å². The summed E-state index contributed by atoms with van der Waals surface area (Å²) in [4.78, 5) is 0. The van der Waals surface area contributed by atoms with Crippen molar-refractivity contribution in [2.45, 2.75) is 19.8 Å². The molecule has 0 heterocycles. The molecule has 0 aromatic heterocycles. The van der Waals surface area contributed by atoms with Gasteiger partial charge in [-0.2, -0.15) is 0 Å². The van der Waals surface area contributed by atoms with Crippen LogP contribution < -0.4 is 5.32 Å². The number of anilines is 1. The molecule has 1 aromatic rings. The van der Waals surface area contributed by atoms with Crippen molar-refractivity contribution in [3.8, 4) is 0 Å². The molecular formula is C15H19N. The summed E-state index contributed by atoms with van der Waals surface area (Å²) in [5.41, 5.74) is 4.89. The minimum atomic E-state index is 0. The van der Waals surface area contributed by atoms with Crippen LogP contribution in [-0.4, -0.2) is 0 Å². The zero-order valence-electron chi connectivity index (χ0n) is 9.66. The topological polar surface area (TPSA) is 12.0 Å². The van der Waals surface area contributed by atoms with Crippen molar-refractivity contribution >= 4 is 11.8 Å². The van der Waals surface area contributed by atoms with Crippen molar-refractivity contribution in [1.29, 1.82) is 0 Å². The molecule has 84 valence electrons. The molecule has 1 aromatic carbocycles. The summed E-state index contributed by atoms with van der Waals surface area (Å²) in [6, 6.07) is 8.27. The quantitative estimate of drug-likeness (QED) is 0.773. The maximum absolute atomic E-state index is 3.78. The maximum Gasteiger partial charge on any atom is 0.0390 e. The summed E-state index contributed by atoms with van der Waals surface area (Å²) in [5.74, 6) is 0. The first-order valence-corrected chi connectivity index (χ1v) is 5.65. The highest BCUT2D eigenvalue weighted by Gasteiger charge is 2.02. The van der Waals surface area contributed by atoms with Crippen molar-refractivity contribution in [3.05, 3.63) is 59.8 Å². The SMILES string of the molecule is C=Cc1cccc(NC2=CCCC(C)=C2)c1.[HH]. The van der Waals surface area contributed by atoms with Gasteiger partial charge in [-0.1, -0.05) is 36.4 Å². The fraction of sp³-hybridized carbons (Fsp3) is 0.200. The van der Waals surface area contributed by atoms with Crippen LogP contribution >= 0.6 is 0 Å². The number of hydrogen-bond donors (Lipinski definition) is 1. The number of rotatable bonds is 3. The van der Waals surface area contributed by atoms with Crippen molar-refractivity contribution in [3.63, 3.8) is 0 Å². The van der Waals surface area contributed by atoms with Gasteiger partial charge in [0.2, 0.25) is 0 Å². The van der Waals surface area contributed by atoms with E-state index in [4.69, 9.17) is 0 Å². The van der Waals surface area contributed by atoms with E-state index in [1.165, 1.54) is 17.7 Å². The lowest BCUT2D eigenvalue weighted by atomic mass is 10.0. The van der Waals surface area contributed by atoms with Crippen molar-refractivity contribution < 1.29 is 1.43 Å². The molecule has 1 N–H and O–H groups in total. The second kappa shape index (κ2) is 4.84. The van der Waals surface area contributed by atoms with E-state index in [1.807, 2.05) is 12.1 Å². The molecule has 1 heteroatoms. The predicted molar refractivity (Wildman–Crippen MR) is 73.3 cm³/mol. The van der Waals surface area contributed by atoms with Gasteiger partial charge in [-0.05, 0) is 43.5 Å². The Hall–Kier alpha value is -1.76. The van der Waals surface area contributed by atoms with E-state index in [-0.39, 0.29) is 1.43 Å². The zero-order chi connectivity index (χ0) is 11.4. The number of allylic oxidation sites excluding steroid dienone is 3. The number of benzene rings is 1. The van der Waals surface area contributed by atoms with Crippen LogP contribution in [0.5, 0.6) is 0 Å². The van der Waals surface area contributed by atoms with E-state index >= 15 is 0 Å². The van der Waals surface area contributed by atoms with E-state index in [2.05, 4.69) is 49.2 Å². The maximum atomic E-state index is 3.78. The molecule has 0 bridgehead atoms. The summed E-state index contributed by atoms with van der Waals surface area (Å²) >= 11 is 0. The van der Waals surface area contributed by atoms with Crippen molar-refractivity contribution in [1.82, 2.24) is 0 Å². The molecule has 0 aliphatic heterocycles. The van der Waals surface area contributed by atoms with Crippen LogP contribution in [0.2, 0.25) is 0 Å². The third kappa shape index (κ3) is 2.63. The minimum absolute atomic E-state index is 0. The summed E-state index contributed by atoms with van der Waals surface area (Å²) in [6.45, 7) is 5.95. The highest BCUT2D eigenvalue weighted by atomic mass is 14.9. The molecule has 1 nitrogen and oxygen atoms in total. The highest BCUT2D eigenvalue weighted by Crippen LogP contribution is 2.20. The van der Waals surface area contributed by atoms with Crippen LogP contribution in [0.15, 0.2) is 54.3 Å². The van der Waals surface area contributed by atoms with Crippen LogP contribution in [0.1, 0.15) is 26.8 Å². The Morgan fingerprint density at radius 3 is 3.06 bits per heavy atom. The van der Waals surface area contributed by atoms with Crippen LogP contribution in [0.4, 0.5) is 5.69 Å². The van der Waals surface area contributed by atoms with Gasteiger partial charge in [0, 0.05) is 12.8 Å². The Morgan fingerprint density at radius 1 is 1.44 bits per heavy atom. The van der Waals surface area contributed by atoms with Crippen LogP contribution in [0.25, 0.3) is 6.08 Å². The molecule has 0 atom stereocenters. The average Bonchev–Trinajstić information content (AvgIpc) is 2.29. The highest BCUT2D eigenvalue weighted by molar-refractivity contribution is 5.59. The van der Waals surface area contributed by atoms with E-state index in [0.717, 1.165) is 17.7 Å². The number of hydrogen-bond acceptors (Lipinski definition) is 1. The third-order valence-corrected chi connectivity index (χ3v) is 2.72. The summed E-state index contributed by atoms with van der Waals surface area (Å²) < 4.78 is 0. The lowest BCUT2D eigenvalue weighted by molar-refractivity contribution is 0.947. The smallest absolute Gasteiger partial charge is 0.0390 e. The summed E-state index contributed by atoms with van der Waals surface area (Å²) in [7, 11) is 0. The normalized spacial score (nSPS) is 15.1. The lowest BCUT2D eigenvalue weighted by Crippen LogP contribution is -2.01. The van der Waals surface area contributed by atoms with Gasteiger partial charge in [0.05, 0.1) is 0 Å². The van der Waals surface area contributed by atoms with Gasteiger partial charge < -0.3 is 5.32 Å². The Kier molecular flexibility index (Phi) is 3.25. The van der Waals surface area contributed by atoms with Gasteiger partial charge in [-0.3, -0.25) is 0 Å². The summed E-state index contributed by atoms with van der Waals surface area (Å²) in [6.07, 6.45) is 8.63. The first-order chi connectivity index (χ1) is 7.78. The number of nitrogens with one attached hydrogen (secondary N) is 1.